The summed E-state index contributed by atoms with van der Waals surface area (Å²) >= 11 is 0. The van der Waals surface area contributed by atoms with Crippen LogP contribution in [0, 0.1) is 10.1 Å². The van der Waals surface area contributed by atoms with E-state index >= 15 is 0 Å². The summed E-state index contributed by atoms with van der Waals surface area (Å²) in [5.41, 5.74) is 2.53. The molecular weight excluding hydrogens is 308 g/mol. The zero-order valence-electron chi connectivity index (χ0n) is 12.9. The van der Waals surface area contributed by atoms with Gasteiger partial charge in [0.25, 0.3) is 5.69 Å². The molecule has 6 nitrogen and oxygen atoms in total. The van der Waals surface area contributed by atoms with Crippen molar-refractivity contribution in [2.45, 2.75) is 12.5 Å². The molecule has 0 aliphatic carbocycles. The number of aryl methyl sites for hydroxylation is 1. The minimum Gasteiger partial charge on any atom is -0.452 e. The molecule has 0 bridgehead atoms. The van der Waals surface area contributed by atoms with Crippen molar-refractivity contribution in [1.29, 1.82) is 0 Å². The zero-order valence-corrected chi connectivity index (χ0v) is 12.9. The van der Waals surface area contributed by atoms with Gasteiger partial charge in [-0.05, 0) is 23.6 Å². The highest BCUT2D eigenvalue weighted by molar-refractivity contribution is 5.93. The Morgan fingerprint density at radius 3 is 2.75 bits per heavy atom. The van der Waals surface area contributed by atoms with Crippen LogP contribution in [0.3, 0.4) is 0 Å². The number of fused-ring (bicyclic) bond motifs is 2. The van der Waals surface area contributed by atoms with Gasteiger partial charge in [0.2, 0.25) is 0 Å². The van der Waals surface area contributed by atoms with E-state index in [2.05, 4.69) is 0 Å². The van der Waals surface area contributed by atoms with E-state index in [0.717, 1.165) is 16.6 Å². The van der Waals surface area contributed by atoms with Crippen LogP contribution in [-0.2, 0) is 18.2 Å². The molecule has 0 fully saturated rings. The molecule has 4 rings (SSSR count). The van der Waals surface area contributed by atoms with Crippen molar-refractivity contribution in [2.75, 3.05) is 0 Å². The Balaban J connectivity index is 1.83. The lowest BCUT2D eigenvalue weighted by atomic mass is 9.95. The Kier molecular flexibility index (Phi) is 3.13. The van der Waals surface area contributed by atoms with Gasteiger partial charge in [0.1, 0.15) is 6.10 Å². The molecular formula is C18H14N2O4. The number of nitro groups is 1. The second-order valence-corrected chi connectivity index (χ2v) is 5.85. The number of carbonyl (C=O) groups is 1. The molecule has 2 heterocycles. The van der Waals surface area contributed by atoms with Gasteiger partial charge in [-0.3, -0.25) is 10.1 Å². The monoisotopic (exact) mass is 322 g/mol. The van der Waals surface area contributed by atoms with Gasteiger partial charge >= 0.3 is 5.97 Å². The first-order valence-corrected chi connectivity index (χ1v) is 7.58. The minimum absolute atomic E-state index is 0.0343. The van der Waals surface area contributed by atoms with E-state index in [9.17, 15) is 14.9 Å². The van der Waals surface area contributed by atoms with Crippen LogP contribution in [0.4, 0.5) is 5.69 Å². The Labute approximate surface area is 137 Å². The third-order valence-electron chi connectivity index (χ3n) is 4.53. The summed E-state index contributed by atoms with van der Waals surface area (Å²) in [7, 11) is 1.90. The lowest BCUT2D eigenvalue weighted by molar-refractivity contribution is -0.385. The summed E-state index contributed by atoms with van der Waals surface area (Å²) in [6, 6.07) is 14.3. The number of ether oxygens (including phenoxy) is 1. The standard InChI is InChI=1S/C18H14N2O4/c1-19-14-7-3-2-5-11(14)9-16(19)17-10-13-12(18(21)24-17)6-4-8-15(13)20(22)23/h2-9,17H,10H2,1H3. The average molecular weight is 322 g/mol. The van der Waals surface area contributed by atoms with Crippen LogP contribution in [0.15, 0.2) is 48.5 Å². The zero-order chi connectivity index (χ0) is 16.8. The minimum atomic E-state index is -0.538. The van der Waals surface area contributed by atoms with Gasteiger partial charge in [0, 0.05) is 30.6 Å². The van der Waals surface area contributed by atoms with Gasteiger partial charge in [-0.15, -0.1) is 0 Å². The molecule has 0 spiro atoms. The number of para-hydroxylation sites is 1. The maximum absolute atomic E-state index is 12.3. The van der Waals surface area contributed by atoms with Gasteiger partial charge in [-0.25, -0.2) is 4.79 Å². The van der Waals surface area contributed by atoms with E-state index in [0.29, 0.717) is 12.0 Å². The number of carbonyl (C=O) groups excluding carboxylic acids is 1. The lowest BCUT2D eigenvalue weighted by Gasteiger charge is -2.25. The molecule has 1 aliphatic heterocycles. The molecule has 1 aliphatic rings. The quantitative estimate of drug-likeness (QED) is 0.411. The molecule has 2 aromatic carbocycles. The van der Waals surface area contributed by atoms with Crippen molar-refractivity contribution in [3.63, 3.8) is 0 Å². The molecule has 1 aromatic heterocycles. The first-order valence-electron chi connectivity index (χ1n) is 7.58. The van der Waals surface area contributed by atoms with Crippen molar-refractivity contribution in [2.24, 2.45) is 7.05 Å². The van der Waals surface area contributed by atoms with E-state index in [1.807, 2.05) is 41.9 Å². The number of nitro benzene ring substituents is 1. The van der Waals surface area contributed by atoms with Gasteiger partial charge in [-0.2, -0.15) is 0 Å². The molecule has 24 heavy (non-hydrogen) atoms. The summed E-state index contributed by atoms with van der Waals surface area (Å²) < 4.78 is 7.53. The lowest BCUT2D eigenvalue weighted by Crippen LogP contribution is -2.24. The first-order chi connectivity index (χ1) is 11.6. The van der Waals surface area contributed by atoms with E-state index in [1.165, 1.54) is 12.1 Å². The van der Waals surface area contributed by atoms with Crippen molar-refractivity contribution in [3.8, 4) is 0 Å². The fraction of sp³-hybridized carbons (Fsp3) is 0.167. The third kappa shape index (κ3) is 2.07. The molecule has 1 atom stereocenters. The Morgan fingerprint density at radius 2 is 2.00 bits per heavy atom. The van der Waals surface area contributed by atoms with E-state index < -0.39 is 17.0 Å². The molecule has 1 unspecified atom stereocenters. The predicted octanol–water partition coefficient (Wildman–Crippen LogP) is 3.54. The first kappa shape index (κ1) is 14.4. The Morgan fingerprint density at radius 1 is 1.21 bits per heavy atom. The second kappa shape index (κ2) is 5.19. The second-order valence-electron chi connectivity index (χ2n) is 5.85. The molecule has 6 heteroatoms. The van der Waals surface area contributed by atoms with Crippen LogP contribution in [0.1, 0.15) is 27.7 Å². The van der Waals surface area contributed by atoms with Crippen molar-refractivity contribution in [3.05, 3.63) is 75.5 Å². The topological polar surface area (TPSA) is 74.4 Å². The highest BCUT2D eigenvalue weighted by Gasteiger charge is 2.34. The number of cyclic esters (lactones) is 1. The van der Waals surface area contributed by atoms with Crippen LogP contribution in [0.5, 0.6) is 0 Å². The highest BCUT2D eigenvalue weighted by atomic mass is 16.6. The molecule has 0 amide bonds. The molecule has 0 radical (unpaired) electrons. The molecule has 0 saturated carbocycles. The summed E-state index contributed by atoms with van der Waals surface area (Å²) in [5.74, 6) is -0.518. The molecule has 0 N–H and O–H groups in total. The summed E-state index contributed by atoms with van der Waals surface area (Å²) in [6.07, 6.45) is -0.244. The van der Waals surface area contributed by atoms with Gasteiger partial charge in [0.05, 0.1) is 16.2 Å². The van der Waals surface area contributed by atoms with E-state index in [4.69, 9.17) is 4.74 Å². The van der Waals surface area contributed by atoms with Crippen molar-refractivity contribution >= 4 is 22.6 Å². The normalized spacial score (nSPS) is 16.7. The van der Waals surface area contributed by atoms with Crippen molar-refractivity contribution in [1.82, 2.24) is 4.57 Å². The van der Waals surface area contributed by atoms with E-state index in [-0.39, 0.29) is 11.3 Å². The number of esters is 1. The van der Waals surface area contributed by atoms with Crippen molar-refractivity contribution < 1.29 is 14.5 Å². The largest absolute Gasteiger partial charge is 0.452 e. The maximum Gasteiger partial charge on any atom is 0.339 e. The van der Waals surface area contributed by atoms with Gasteiger partial charge in [-0.1, -0.05) is 24.3 Å². The molecule has 3 aromatic rings. The summed E-state index contributed by atoms with van der Waals surface area (Å²) in [4.78, 5) is 23.1. The van der Waals surface area contributed by atoms with Crippen LogP contribution in [-0.4, -0.2) is 15.5 Å². The number of hydrogen-bond acceptors (Lipinski definition) is 4. The van der Waals surface area contributed by atoms with Gasteiger partial charge < -0.3 is 9.30 Å². The highest BCUT2D eigenvalue weighted by Crippen LogP contribution is 2.36. The third-order valence-corrected chi connectivity index (χ3v) is 4.53. The fourth-order valence-corrected chi connectivity index (χ4v) is 3.36. The van der Waals surface area contributed by atoms with Crippen LogP contribution >= 0.6 is 0 Å². The number of nitrogens with zero attached hydrogens (tertiary/aromatic N) is 2. The number of benzene rings is 2. The smallest absolute Gasteiger partial charge is 0.339 e. The number of aromatic nitrogens is 1. The van der Waals surface area contributed by atoms with Crippen LogP contribution in [0.25, 0.3) is 10.9 Å². The number of hydrogen-bond donors (Lipinski definition) is 0. The Bertz CT molecular complexity index is 976. The molecule has 0 saturated heterocycles. The van der Waals surface area contributed by atoms with Gasteiger partial charge in [0.15, 0.2) is 0 Å². The van der Waals surface area contributed by atoms with Crippen LogP contribution < -0.4 is 0 Å². The summed E-state index contributed by atoms with van der Waals surface area (Å²) in [5, 5.41) is 12.3. The summed E-state index contributed by atoms with van der Waals surface area (Å²) in [6.45, 7) is 0. The Hall–Kier alpha value is -3.15. The van der Waals surface area contributed by atoms with E-state index in [1.54, 1.807) is 6.07 Å². The molecule has 120 valence electrons. The average Bonchev–Trinajstić information content (AvgIpc) is 2.91. The predicted molar refractivity (Wildman–Crippen MR) is 87.9 cm³/mol. The fourth-order valence-electron chi connectivity index (χ4n) is 3.36. The SMILES string of the molecule is Cn1c(C2Cc3c(cccc3[N+](=O)[O-])C(=O)O2)cc2ccccc21. The number of rotatable bonds is 2. The maximum atomic E-state index is 12.3. The van der Waals surface area contributed by atoms with Crippen LogP contribution in [0.2, 0.25) is 0 Å².